The van der Waals surface area contributed by atoms with Gasteiger partial charge in [0.15, 0.2) is 0 Å². The molecule has 1 heterocycles. The number of nitrogens with two attached hydrogens (primary N) is 1. The van der Waals surface area contributed by atoms with Gasteiger partial charge in [-0.15, -0.1) is 0 Å². The van der Waals surface area contributed by atoms with Gasteiger partial charge in [0.25, 0.3) is 0 Å². The first-order chi connectivity index (χ1) is 7.24. The van der Waals surface area contributed by atoms with Crippen LogP contribution in [0.4, 0.5) is 0 Å². The normalized spacial score (nSPS) is 47.4. The van der Waals surface area contributed by atoms with Crippen molar-refractivity contribution in [2.24, 2.45) is 11.1 Å². The van der Waals surface area contributed by atoms with Crippen molar-refractivity contribution < 1.29 is 9.31 Å². The summed E-state index contributed by atoms with van der Waals surface area (Å²) in [6, 6.07) is 0. The standard InChI is InChI=1S/C12H22BNO2/c1-9(2)10(3,4)16-13(15-9)12-5-11(6-12,7-12)8-14/h5-8,14H2,1-4H3. The minimum Gasteiger partial charge on any atom is -0.403 e. The number of hydrogen-bond acceptors (Lipinski definition) is 3. The van der Waals surface area contributed by atoms with Gasteiger partial charge in [-0.25, -0.2) is 0 Å². The second-order valence-corrected chi connectivity index (χ2v) is 7.19. The molecule has 1 aliphatic heterocycles. The van der Waals surface area contributed by atoms with E-state index in [4.69, 9.17) is 15.0 Å². The van der Waals surface area contributed by atoms with Crippen LogP contribution in [0.3, 0.4) is 0 Å². The van der Waals surface area contributed by atoms with Gasteiger partial charge in [-0.1, -0.05) is 0 Å². The molecule has 3 aliphatic carbocycles. The molecule has 4 rings (SSSR count). The maximum atomic E-state index is 6.14. The first kappa shape index (κ1) is 11.1. The van der Waals surface area contributed by atoms with Gasteiger partial charge in [-0.2, -0.15) is 0 Å². The molecule has 1 saturated heterocycles. The molecule has 16 heavy (non-hydrogen) atoms. The summed E-state index contributed by atoms with van der Waals surface area (Å²) in [4.78, 5) is 0. The predicted molar refractivity (Wildman–Crippen MR) is 64.1 cm³/mol. The van der Waals surface area contributed by atoms with E-state index in [0.29, 0.717) is 10.7 Å². The van der Waals surface area contributed by atoms with Crippen molar-refractivity contribution in [3.63, 3.8) is 0 Å². The lowest BCUT2D eigenvalue weighted by Crippen LogP contribution is -2.66. The second kappa shape index (κ2) is 2.68. The molecule has 3 saturated carbocycles. The predicted octanol–water partition coefficient (Wildman–Crippen LogP) is 1.96. The van der Waals surface area contributed by atoms with Crippen LogP contribution in [0, 0.1) is 5.41 Å². The highest BCUT2D eigenvalue weighted by atomic mass is 16.7. The molecule has 2 N–H and O–H groups in total. The van der Waals surface area contributed by atoms with Crippen LogP contribution in [0.1, 0.15) is 47.0 Å². The van der Waals surface area contributed by atoms with E-state index < -0.39 is 0 Å². The van der Waals surface area contributed by atoms with Crippen LogP contribution in [0.5, 0.6) is 0 Å². The highest BCUT2D eigenvalue weighted by Gasteiger charge is 2.75. The zero-order chi connectivity index (χ0) is 11.8. The Morgan fingerprint density at radius 1 is 1.00 bits per heavy atom. The Labute approximate surface area is 98.2 Å². The van der Waals surface area contributed by atoms with Gasteiger partial charge in [-0.3, -0.25) is 0 Å². The van der Waals surface area contributed by atoms with E-state index in [-0.39, 0.29) is 18.3 Å². The zero-order valence-corrected chi connectivity index (χ0v) is 10.8. The van der Waals surface area contributed by atoms with Crippen LogP contribution in [0.15, 0.2) is 0 Å². The average molecular weight is 223 g/mol. The molecule has 0 atom stereocenters. The quantitative estimate of drug-likeness (QED) is 0.728. The third-order valence-corrected chi connectivity index (χ3v) is 5.37. The Morgan fingerprint density at radius 2 is 1.44 bits per heavy atom. The van der Waals surface area contributed by atoms with E-state index in [2.05, 4.69) is 27.7 Å². The maximum absolute atomic E-state index is 6.14. The molecule has 3 nitrogen and oxygen atoms in total. The summed E-state index contributed by atoms with van der Waals surface area (Å²) in [5, 5.41) is 0.296. The van der Waals surface area contributed by atoms with Crippen LogP contribution in [-0.2, 0) is 9.31 Å². The third-order valence-electron chi connectivity index (χ3n) is 5.37. The van der Waals surface area contributed by atoms with Crippen molar-refractivity contribution in [1.82, 2.24) is 0 Å². The Balaban J connectivity index is 1.73. The van der Waals surface area contributed by atoms with Gasteiger partial charge < -0.3 is 15.0 Å². The summed E-state index contributed by atoms with van der Waals surface area (Å²) in [7, 11) is -0.00840. The SMILES string of the molecule is CC1(C)OB(C23CC(CN)(C2)C3)OC1(C)C. The van der Waals surface area contributed by atoms with Crippen LogP contribution in [0.25, 0.3) is 0 Å². The minimum atomic E-state index is -0.191. The monoisotopic (exact) mass is 223 g/mol. The first-order valence-electron chi connectivity index (χ1n) is 6.30. The summed E-state index contributed by atoms with van der Waals surface area (Å²) < 4.78 is 12.3. The largest absolute Gasteiger partial charge is 0.464 e. The summed E-state index contributed by atoms with van der Waals surface area (Å²) in [6.07, 6.45) is 3.61. The van der Waals surface area contributed by atoms with E-state index in [9.17, 15) is 0 Å². The summed E-state index contributed by atoms with van der Waals surface area (Å²) in [5.74, 6) is 0. The molecule has 4 fully saturated rings. The highest BCUT2D eigenvalue weighted by Crippen LogP contribution is 2.80. The molecular weight excluding hydrogens is 201 g/mol. The van der Waals surface area contributed by atoms with Gasteiger partial charge in [0, 0.05) is 5.31 Å². The average Bonchev–Trinajstić information content (AvgIpc) is 2.16. The second-order valence-electron chi connectivity index (χ2n) is 7.19. The molecular formula is C12H22BNO2. The van der Waals surface area contributed by atoms with Crippen molar-refractivity contribution in [3.8, 4) is 0 Å². The maximum Gasteiger partial charge on any atom is 0.464 e. The van der Waals surface area contributed by atoms with Gasteiger partial charge in [-0.05, 0) is 58.9 Å². The molecule has 4 aliphatic rings. The fourth-order valence-electron chi connectivity index (χ4n) is 3.64. The van der Waals surface area contributed by atoms with Gasteiger partial charge in [0.05, 0.1) is 11.2 Å². The molecule has 0 unspecified atom stereocenters. The lowest BCUT2D eigenvalue weighted by molar-refractivity contribution is -0.101. The Bertz CT molecular complexity index is 304. The van der Waals surface area contributed by atoms with E-state index in [0.717, 1.165) is 6.54 Å². The van der Waals surface area contributed by atoms with Crippen LogP contribution in [-0.4, -0.2) is 24.9 Å². The summed E-state index contributed by atoms with van der Waals surface area (Å²) in [5.41, 5.74) is 5.85. The molecule has 0 aromatic rings. The zero-order valence-electron chi connectivity index (χ0n) is 10.8. The van der Waals surface area contributed by atoms with E-state index >= 15 is 0 Å². The molecule has 0 aromatic carbocycles. The number of hydrogen-bond donors (Lipinski definition) is 1. The molecule has 2 bridgehead atoms. The van der Waals surface area contributed by atoms with Gasteiger partial charge in [0.1, 0.15) is 0 Å². The molecule has 0 radical (unpaired) electrons. The molecule has 4 heteroatoms. The highest BCUT2D eigenvalue weighted by molar-refractivity contribution is 6.51. The van der Waals surface area contributed by atoms with Crippen molar-refractivity contribution in [2.75, 3.05) is 6.54 Å². The molecule has 0 spiro atoms. The van der Waals surface area contributed by atoms with Crippen molar-refractivity contribution >= 4 is 7.12 Å². The van der Waals surface area contributed by atoms with Crippen molar-refractivity contribution in [3.05, 3.63) is 0 Å². The molecule has 90 valence electrons. The minimum absolute atomic E-state index is 0.00840. The molecule has 0 aromatic heterocycles. The van der Waals surface area contributed by atoms with Gasteiger partial charge in [0.2, 0.25) is 0 Å². The van der Waals surface area contributed by atoms with Crippen molar-refractivity contribution in [2.45, 2.75) is 63.5 Å². The van der Waals surface area contributed by atoms with Crippen LogP contribution in [0.2, 0.25) is 5.31 Å². The van der Waals surface area contributed by atoms with Crippen molar-refractivity contribution in [1.29, 1.82) is 0 Å². The Hall–Kier alpha value is -0.0551. The lowest BCUT2D eigenvalue weighted by atomic mass is 9.24. The van der Waals surface area contributed by atoms with Crippen LogP contribution < -0.4 is 5.73 Å². The van der Waals surface area contributed by atoms with E-state index in [1.807, 2.05) is 0 Å². The van der Waals surface area contributed by atoms with Gasteiger partial charge >= 0.3 is 7.12 Å². The lowest BCUT2D eigenvalue weighted by Gasteiger charge is -2.71. The first-order valence-corrected chi connectivity index (χ1v) is 6.30. The Morgan fingerprint density at radius 3 is 1.81 bits per heavy atom. The topological polar surface area (TPSA) is 44.5 Å². The van der Waals surface area contributed by atoms with Crippen LogP contribution >= 0.6 is 0 Å². The van der Waals surface area contributed by atoms with E-state index in [1.54, 1.807) is 0 Å². The third kappa shape index (κ3) is 1.11. The summed E-state index contributed by atoms with van der Waals surface area (Å²) >= 11 is 0. The fourth-order valence-corrected chi connectivity index (χ4v) is 3.64. The molecule has 0 amide bonds. The number of rotatable bonds is 2. The smallest absolute Gasteiger partial charge is 0.403 e. The fraction of sp³-hybridized carbons (Fsp3) is 1.00. The summed E-state index contributed by atoms with van der Waals surface area (Å²) in [6.45, 7) is 9.32. The van der Waals surface area contributed by atoms with E-state index in [1.165, 1.54) is 19.3 Å². The Kier molecular flexibility index (Phi) is 1.85.